The second kappa shape index (κ2) is 8.97. The number of fused-ring (bicyclic) bond motifs is 1. The number of rotatable bonds is 7. The fourth-order valence-electron chi connectivity index (χ4n) is 4.04. The van der Waals surface area contributed by atoms with Crippen molar-refractivity contribution in [2.24, 2.45) is 0 Å². The van der Waals surface area contributed by atoms with Gasteiger partial charge in [-0.25, -0.2) is 4.98 Å². The molecule has 1 atom stereocenters. The van der Waals surface area contributed by atoms with E-state index in [1.54, 1.807) is 0 Å². The molecule has 2 heterocycles. The van der Waals surface area contributed by atoms with E-state index in [1.807, 2.05) is 24.3 Å². The smallest absolute Gasteiger partial charge is 0.148 e. The van der Waals surface area contributed by atoms with Crippen molar-refractivity contribution < 1.29 is 4.74 Å². The van der Waals surface area contributed by atoms with Crippen LogP contribution in [0.25, 0.3) is 11.0 Å². The molecular formula is C23H28ClN3O. The number of imidazole rings is 1. The molecule has 5 heteroatoms. The highest BCUT2D eigenvalue weighted by atomic mass is 35.5. The Morgan fingerprint density at radius 2 is 2.04 bits per heavy atom. The zero-order chi connectivity index (χ0) is 19.3. The molecule has 0 saturated carbocycles. The molecule has 148 valence electrons. The van der Waals surface area contributed by atoms with Crippen LogP contribution in [0.1, 0.15) is 43.5 Å². The summed E-state index contributed by atoms with van der Waals surface area (Å²) >= 11 is 5.97. The molecule has 28 heavy (non-hydrogen) atoms. The first-order valence-corrected chi connectivity index (χ1v) is 10.6. The highest BCUT2D eigenvalue weighted by Crippen LogP contribution is 2.23. The molecule has 1 fully saturated rings. The summed E-state index contributed by atoms with van der Waals surface area (Å²) in [6.45, 7) is 4.71. The molecule has 1 aliphatic rings. The fourth-order valence-corrected chi connectivity index (χ4v) is 4.17. The third-order valence-electron chi connectivity index (χ3n) is 5.59. The van der Waals surface area contributed by atoms with Crippen molar-refractivity contribution >= 4 is 22.6 Å². The van der Waals surface area contributed by atoms with E-state index in [2.05, 4.69) is 35.0 Å². The second-order valence-electron chi connectivity index (χ2n) is 7.65. The SMILES string of the molecule is Cc1cccc2c1nc(COc1ccc(Cl)cc1)n2CCCC1CCCCN1. The van der Waals surface area contributed by atoms with Crippen LogP contribution in [0.2, 0.25) is 5.02 Å². The lowest BCUT2D eigenvalue weighted by Crippen LogP contribution is -2.34. The third kappa shape index (κ3) is 4.50. The van der Waals surface area contributed by atoms with Gasteiger partial charge in [0.05, 0.1) is 11.0 Å². The molecule has 1 aromatic heterocycles. The lowest BCUT2D eigenvalue weighted by atomic mass is 10.0. The van der Waals surface area contributed by atoms with Crippen molar-refractivity contribution in [1.82, 2.24) is 14.9 Å². The molecule has 1 N–H and O–H groups in total. The van der Waals surface area contributed by atoms with E-state index in [0.29, 0.717) is 17.7 Å². The van der Waals surface area contributed by atoms with Gasteiger partial charge >= 0.3 is 0 Å². The summed E-state index contributed by atoms with van der Waals surface area (Å²) in [5, 5.41) is 4.37. The van der Waals surface area contributed by atoms with Gasteiger partial charge in [0, 0.05) is 17.6 Å². The summed E-state index contributed by atoms with van der Waals surface area (Å²) < 4.78 is 8.33. The molecule has 0 aliphatic carbocycles. The number of halogens is 1. The predicted octanol–water partition coefficient (Wildman–Crippen LogP) is 5.50. The molecule has 0 bridgehead atoms. The minimum absolute atomic E-state index is 0.456. The number of aryl methyl sites for hydroxylation is 2. The lowest BCUT2D eigenvalue weighted by molar-refractivity contribution is 0.288. The first-order chi connectivity index (χ1) is 13.7. The van der Waals surface area contributed by atoms with Gasteiger partial charge in [-0.05, 0) is 75.0 Å². The van der Waals surface area contributed by atoms with Crippen LogP contribution in [-0.4, -0.2) is 22.1 Å². The quantitative estimate of drug-likeness (QED) is 0.572. The van der Waals surface area contributed by atoms with E-state index in [4.69, 9.17) is 21.3 Å². The first-order valence-electron chi connectivity index (χ1n) is 10.3. The van der Waals surface area contributed by atoms with Gasteiger partial charge in [0.25, 0.3) is 0 Å². The Balaban J connectivity index is 1.50. The summed E-state index contributed by atoms with van der Waals surface area (Å²) in [6, 6.07) is 14.6. The number of benzene rings is 2. The number of piperidine rings is 1. The molecule has 0 spiro atoms. The number of aromatic nitrogens is 2. The van der Waals surface area contributed by atoms with Gasteiger partial charge in [-0.2, -0.15) is 0 Å². The monoisotopic (exact) mass is 397 g/mol. The van der Waals surface area contributed by atoms with Crippen LogP contribution in [0.5, 0.6) is 5.75 Å². The van der Waals surface area contributed by atoms with Crippen LogP contribution < -0.4 is 10.1 Å². The molecule has 3 aromatic rings. The largest absolute Gasteiger partial charge is 0.486 e. The van der Waals surface area contributed by atoms with E-state index in [0.717, 1.165) is 36.6 Å². The van der Waals surface area contributed by atoms with Gasteiger partial charge in [0.2, 0.25) is 0 Å². The first kappa shape index (κ1) is 19.3. The Labute approximate surface area is 171 Å². The number of para-hydroxylation sites is 1. The van der Waals surface area contributed by atoms with E-state index >= 15 is 0 Å². The van der Waals surface area contributed by atoms with Crippen molar-refractivity contribution in [3.05, 3.63) is 58.9 Å². The maximum absolute atomic E-state index is 6.00. The van der Waals surface area contributed by atoms with E-state index in [1.165, 1.54) is 36.8 Å². The number of nitrogens with zero attached hydrogens (tertiary/aromatic N) is 2. The van der Waals surface area contributed by atoms with Gasteiger partial charge in [0.1, 0.15) is 18.2 Å². The summed E-state index contributed by atoms with van der Waals surface area (Å²) in [6.07, 6.45) is 6.32. The highest BCUT2D eigenvalue weighted by Gasteiger charge is 2.15. The third-order valence-corrected chi connectivity index (χ3v) is 5.84. The molecule has 1 saturated heterocycles. The maximum Gasteiger partial charge on any atom is 0.148 e. The van der Waals surface area contributed by atoms with Gasteiger partial charge < -0.3 is 14.6 Å². The summed E-state index contributed by atoms with van der Waals surface area (Å²) in [5.74, 6) is 1.79. The van der Waals surface area contributed by atoms with Crippen molar-refractivity contribution in [2.45, 2.75) is 58.2 Å². The van der Waals surface area contributed by atoms with Gasteiger partial charge in [-0.15, -0.1) is 0 Å². The van der Waals surface area contributed by atoms with Crippen LogP contribution in [0.15, 0.2) is 42.5 Å². The van der Waals surface area contributed by atoms with Crippen molar-refractivity contribution in [2.75, 3.05) is 6.54 Å². The van der Waals surface area contributed by atoms with Gasteiger partial charge in [-0.1, -0.05) is 30.2 Å². The average Bonchev–Trinajstić information content (AvgIpc) is 3.08. The summed E-state index contributed by atoms with van der Waals surface area (Å²) in [4.78, 5) is 4.91. The van der Waals surface area contributed by atoms with E-state index < -0.39 is 0 Å². The number of hydrogen-bond donors (Lipinski definition) is 1. The zero-order valence-corrected chi connectivity index (χ0v) is 17.2. The molecule has 1 unspecified atom stereocenters. The van der Waals surface area contributed by atoms with Crippen LogP contribution >= 0.6 is 11.6 Å². The standard InChI is InChI=1S/C23H28ClN3O/c1-17-6-4-9-21-23(17)26-22(16-28-20-12-10-18(24)11-13-20)27(21)15-5-8-19-7-2-3-14-25-19/h4,6,9-13,19,25H,2-3,5,7-8,14-16H2,1H3. The predicted molar refractivity (Wildman–Crippen MR) is 115 cm³/mol. The Kier molecular flexibility index (Phi) is 6.18. The van der Waals surface area contributed by atoms with Crippen LogP contribution in [0, 0.1) is 6.92 Å². The average molecular weight is 398 g/mol. The Morgan fingerprint density at radius 1 is 1.18 bits per heavy atom. The van der Waals surface area contributed by atoms with Crippen LogP contribution in [0.4, 0.5) is 0 Å². The van der Waals surface area contributed by atoms with Crippen molar-refractivity contribution in [1.29, 1.82) is 0 Å². The Morgan fingerprint density at radius 3 is 2.82 bits per heavy atom. The van der Waals surface area contributed by atoms with E-state index in [9.17, 15) is 0 Å². The van der Waals surface area contributed by atoms with Crippen molar-refractivity contribution in [3.63, 3.8) is 0 Å². The van der Waals surface area contributed by atoms with Gasteiger partial charge in [0.15, 0.2) is 0 Å². The molecule has 4 rings (SSSR count). The molecule has 4 nitrogen and oxygen atoms in total. The Hall–Kier alpha value is -2.04. The number of hydrogen-bond acceptors (Lipinski definition) is 3. The minimum atomic E-state index is 0.456. The topological polar surface area (TPSA) is 39.1 Å². The number of nitrogens with one attached hydrogen (secondary N) is 1. The summed E-state index contributed by atoms with van der Waals surface area (Å²) in [5.41, 5.74) is 3.48. The molecule has 0 amide bonds. The van der Waals surface area contributed by atoms with Crippen LogP contribution in [-0.2, 0) is 13.2 Å². The maximum atomic E-state index is 6.00. The summed E-state index contributed by atoms with van der Waals surface area (Å²) in [7, 11) is 0. The zero-order valence-electron chi connectivity index (χ0n) is 16.5. The normalized spacial score (nSPS) is 17.1. The highest BCUT2D eigenvalue weighted by molar-refractivity contribution is 6.30. The number of ether oxygens (including phenoxy) is 1. The van der Waals surface area contributed by atoms with Crippen LogP contribution in [0.3, 0.4) is 0 Å². The van der Waals surface area contributed by atoms with E-state index in [-0.39, 0.29) is 0 Å². The Bertz CT molecular complexity index is 913. The molecule has 2 aromatic carbocycles. The van der Waals surface area contributed by atoms with Crippen molar-refractivity contribution in [3.8, 4) is 5.75 Å². The fraction of sp³-hybridized carbons (Fsp3) is 0.435. The lowest BCUT2D eigenvalue weighted by Gasteiger charge is -2.23. The molecule has 1 aliphatic heterocycles. The second-order valence-corrected chi connectivity index (χ2v) is 8.09. The van der Waals surface area contributed by atoms with Gasteiger partial charge in [-0.3, -0.25) is 0 Å². The molecular weight excluding hydrogens is 370 g/mol. The minimum Gasteiger partial charge on any atom is -0.486 e. The molecule has 0 radical (unpaired) electrons.